The summed E-state index contributed by atoms with van der Waals surface area (Å²) in [5.41, 5.74) is 1.71. The molecule has 1 aliphatic carbocycles. The third kappa shape index (κ3) is 4.18. The third-order valence-electron chi connectivity index (χ3n) is 3.60. The van der Waals surface area contributed by atoms with Crippen LogP contribution in [0.25, 0.3) is 0 Å². The molecule has 0 spiro atoms. The fraction of sp³-hybridized carbons (Fsp3) is 0.625. The molecular formula is C16H25FN2O. The molecule has 4 heteroatoms. The Labute approximate surface area is 121 Å². The van der Waals surface area contributed by atoms with Crippen LogP contribution in [0, 0.1) is 5.82 Å². The normalized spacial score (nSPS) is 14.6. The Balaban J connectivity index is 2.02. The van der Waals surface area contributed by atoms with E-state index in [0.717, 1.165) is 44.5 Å². The largest absolute Gasteiger partial charge is 0.383 e. The molecule has 1 N–H and O–H groups in total. The molecule has 0 aliphatic heterocycles. The number of hydrogen-bond acceptors (Lipinski definition) is 3. The van der Waals surface area contributed by atoms with E-state index in [2.05, 4.69) is 17.1 Å². The molecule has 0 amide bonds. The van der Waals surface area contributed by atoms with Gasteiger partial charge in [0.2, 0.25) is 0 Å². The van der Waals surface area contributed by atoms with E-state index in [9.17, 15) is 4.39 Å². The van der Waals surface area contributed by atoms with E-state index in [1.807, 2.05) is 12.1 Å². The average molecular weight is 280 g/mol. The lowest BCUT2D eigenvalue weighted by atomic mass is 10.1. The van der Waals surface area contributed by atoms with Crippen molar-refractivity contribution in [2.75, 3.05) is 31.7 Å². The van der Waals surface area contributed by atoms with Crippen molar-refractivity contribution in [2.45, 2.75) is 38.8 Å². The minimum Gasteiger partial charge on any atom is -0.383 e. The van der Waals surface area contributed by atoms with E-state index in [1.54, 1.807) is 13.2 Å². The lowest BCUT2D eigenvalue weighted by Crippen LogP contribution is -2.30. The summed E-state index contributed by atoms with van der Waals surface area (Å²) in [7, 11) is 1.68. The number of methoxy groups -OCH3 is 1. The predicted molar refractivity (Wildman–Crippen MR) is 80.6 cm³/mol. The second-order valence-electron chi connectivity index (χ2n) is 5.38. The van der Waals surface area contributed by atoms with Crippen LogP contribution in [0.3, 0.4) is 0 Å². The molecule has 2 rings (SSSR count). The van der Waals surface area contributed by atoms with Gasteiger partial charge in [-0.2, -0.15) is 0 Å². The number of hydrogen-bond donors (Lipinski definition) is 1. The van der Waals surface area contributed by atoms with Crippen molar-refractivity contribution in [3.05, 3.63) is 29.6 Å². The van der Waals surface area contributed by atoms with Crippen LogP contribution in [-0.4, -0.2) is 32.8 Å². The van der Waals surface area contributed by atoms with Crippen LogP contribution < -0.4 is 10.2 Å². The van der Waals surface area contributed by atoms with E-state index >= 15 is 0 Å². The summed E-state index contributed by atoms with van der Waals surface area (Å²) in [6, 6.07) is 6.07. The number of nitrogens with one attached hydrogen (secondary N) is 1. The van der Waals surface area contributed by atoms with Gasteiger partial charge in [-0.15, -0.1) is 0 Å². The Morgan fingerprint density at radius 3 is 2.80 bits per heavy atom. The van der Waals surface area contributed by atoms with Crippen LogP contribution in [0.4, 0.5) is 10.1 Å². The predicted octanol–water partition coefficient (Wildman–Crippen LogP) is 2.94. The van der Waals surface area contributed by atoms with Gasteiger partial charge in [-0.05, 0) is 43.5 Å². The van der Waals surface area contributed by atoms with Gasteiger partial charge in [0.05, 0.1) is 12.3 Å². The van der Waals surface area contributed by atoms with Gasteiger partial charge in [-0.25, -0.2) is 4.39 Å². The molecule has 0 aromatic heterocycles. The minimum absolute atomic E-state index is 0.121. The molecule has 1 aromatic carbocycles. The highest BCUT2D eigenvalue weighted by atomic mass is 19.1. The van der Waals surface area contributed by atoms with Gasteiger partial charge in [0, 0.05) is 26.2 Å². The van der Waals surface area contributed by atoms with Crippen LogP contribution in [0.5, 0.6) is 0 Å². The molecule has 1 aliphatic rings. The van der Waals surface area contributed by atoms with Gasteiger partial charge in [-0.1, -0.05) is 13.0 Å². The highest BCUT2D eigenvalue weighted by Crippen LogP contribution is 2.33. The lowest BCUT2D eigenvalue weighted by Gasteiger charge is -2.25. The molecule has 112 valence electrons. The summed E-state index contributed by atoms with van der Waals surface area (Å²) >= 11 is 0. The SMILES string of the molecule is CCCNCc1ccc(N(CCOC)C2CC2)c(F)c1. The maximum Gasteiger partial charge on any atom is 0.146 e. The summed E-state index contributed by atoms with van der Waals surface area (Å²) < 4.78 is 19.4. The first kappa shape index (κ1) is 15.3. The van der Waals surface area contributed by atoms with Gasteiger partial charge >= 0.3 is 0 Å². The highest BCUT2D eigenvalue weighted by Gasteiger charge is 2.30. The van der Waals surface area contributed by atoms with Gasteiger partial charge in [-0.3, -0.25) is 0 Å². The second kappa shape index (κ2) is 7.60. The van der Waals surface area contributed by atoms with Crippen LogP contribution in [0.1, 0.15) is 31.7 Å². The van der Waals surface area contributed by atoms with E-state index < -0.39 is 0 Å². The van der Waals surface area contributed by atoms with Crippen molar-refractivity contribution >= 4 is 5.69 Å². The van der Waals surface area contributed by atoms with Crippen molar-refractivity contribution in [3.8, 4) is 0 Å². The van der Waals surface area contributed by atoms with Gasteiger partial charge in [0.25, 0.3) is 0 Å². The number of benzene rings is 1. The Bertz CT molecular complexity index is 421. The monoisotopic (exact) mass is 280 g/mol. The average Bonchev–Trinajstić information content (AvgIpc) is 3.26. The first-order chi connectivity index (χ1) is 9.76. The summed E-state index contributed by atoms with van der Waals surface area (Å²) in [6.07, 6.45) is 3.40. The Morgan fingerprint density at radius 2 is 2.20 bits per heavy atom. The molecule has 1 aromatic rings. The summed E-state index contributed by atoms with van der Waals surface area (Å²) in [5, 5.41) is 3.30. The highest BCUT2D eigenvalue weighted by molar-refractivity contribution is 5.51. The van der Waals surface area contributed by atoms with Crippen LogP contribution in [0.15, 0.2) is 18.2 Å². The summed E-state index contributed by atoms with van der Waals surface area (Å²) in [4.78, 5) is 2.14. The molecule has 1 fully saturated rings. The maximum atomic E-state index is 14.3. The minimum atomic E-state index is -0.121. The van der Waals surface area contributed by atoms with Gasteiger partial charge < -0.3 is 15.0 Å². The molecule has 3 nitrogen and oxygen atoms in total. The molecular weight excluding hydrogens is 255 g/mol. The van der Waals surface area contributed by atoms with Crippen LogP contribution in [-0.2, 0) is 11.3 Å². The number of nitrogens with zero attached hydrogens (tertiary/aromatic N) is 1. The number of ether oxygens (including phenoxy) is 1. The Hall–Kier alpha value is -1.13. The Morgan fingerprint density at radius 1 is 1.40 bits per heavy atom. The van der Waals surface area contributed by atoms with E-state index in [0.29, 0.717) is 18.3 Å². The maximum absolute atomic E-state index is 14.3. The molecule has 0 heterocycles. The van der Waals surface area contributed by atoms with E-state index in [-0.39, 0.29) is 5.82 Å². The third-order valence-corrected chi connectivity index (χ3v) is 3.60. The fourth-order valence-corrected chi connectivity index (χ4v) is 2.38. The summed E-state index contributed by atoms with van der Waals surface area (Å²) in [6.45, 7) is 5.21. The first-order valence-corrected chi connectivity index (χ1v) is 7.51. The molecule has 0 unspecified atom stereocenters. The number of anilines is 1. The zero-order valence-electron chi connectivity index (χ0n) is 12.5. The van der Waals surface area contributed by atoms with Gasteiger partial charge in [0.15, 0.2) is 0 Å². The first-order valence-electron chi connectivity index (χ1n) is 7.51. The molecule has 0 radical (unpaired) electrons. The number of halogens is 1. The molecule has 20 heavy (non-hydrogen) atoms. The van der Waals surface area contributed by atoms with Crippen LogP contribution in [0.2, 0.25) is 0 Å². The van der Waals surface area contributed by atoms with E-state index in [1.165, 1.54) is 0 Å². The smallest absolute Gasteiger partial charge is 0.146 e. The zero-order valence-corrected chi connectivity index (χ0v) is 12.5. The second-order valence-corrected chi connectivity index (χ2v) is 5.38. The quantitative estimate of drug-likeness (QED) is 0.704. The number of rotatable bonds is 9. The standard InChI is InChI=1S/C16H25FN2O/c1-3-8-18-12-13-4-7-16(15(17)11-13)19(9-10-20-2)14-5-6-14/h4,7,11,14,18H,3,5-6,8-10,12H2,1-2H3. The molecule has 0 saturated heterocycles. The molecule has 0 atom stereocenters. The van der Waals surface area contributed by atoms with E-state index in [4.69, 9.17) is 4.74 Å². The van der Waals surface area contributed by atoms with Crippen molar-refractivity contribution in [1.82, 2.24) is 5.32 Å². The molecule has 1 saturated carbocycles. The Kier molecular flexibility index (Phi) is 5.80. The van der Waals surface area contributed by atoms with Crippen LogP contribution >= 0.6 is 0 Å². The lowest BCUT2D eigenvalue weighted by molar-refractivity contribution is 0.204. The summed E-state index contributed by atoms with van der Waals surface area (Å²) in [5.74, 6) is -0.121. The van der Waals surface area contributed by atoms with Crippen molar-refractivity contribution in [3.63, 3.8) is 0 Å². The van der Waals surface area contributed by atoms with Crippen molar-refractivity contribution in [1.29, 1.82) is 0 Å². The van der Waals surface area contributed by atoms with Gasteiger partial charge in [0.1, 0.15) is 5.82 Å². The topological polar surface area (TPSA) is 24.5 Å². The molecule has 0 bridgehead atoms. The fourth-order valence-electron chi connectivity index (χ4n) is 2.38. The van der Waals surface area contributed by atoms with Crippen molar-refractivity contribution < 1.29 is 9.13 Å². The van der Waals surface area contributed by atoms with Crippen molar-refractivity contribution in [2.24, 2.45) is 0 Å². The zero-order chi connectivity index (χ0) is 14.4.